The van der Waals surface area contributed by atoms with Gasteiger partial charge in [0.2, 0.25) is 0 Å². The fourth-order valence-corrected chi connectivity index (χ4v) is 3.68. The van der Waals surface area contributed by atoms with E-state index in [9.17, 15) is 0 Å². The third-order valence-electron chi connectivity index (χ3n) is 3.82. The minimum atomic E-state index is 0.524. The van der Waals surface area contributed by atoms with Crippen LogP contribution in [-0.4, -0.2) is 27.3 Å². The fraction of sp³-hybridized carbons (Fsp3) is 0.769. The number of nitrogen functional groups attached to an aromatic ring is 1. The molecule has 1 aliphatic rings. The highest BCUT2D eigenvalue weighted by Gasteiger charge is 2.26. The lowest BCUT2D eigenvalue weighted by molar-refractivity contribution is 0.472. The van der Waals surface area contributed by atoms with Crippen molar-refractivity contribution in [3.05, 3.63) is 5.69 Å². The maximum Gasteiger partial charge on any atom is 0.148 e. The first-order valence-electron chi connectivity index (χ1n) is 6.78. The van der Waals surface area contributed by atoms with Gasteiger partial charge in [-0.25, -0.2) is 0 Å². The monoisotopic (exact) mass is 268 g/mol. The number of aryl methyl sites for hydroxylation is 2. The summed E-state index contributed by atoms with van der Waals surface area (Å²) in [4.78, 5) is 0. The summed E-state index contributed by atoms with van der Waals surface area (Å²) in [5.74, 6) is 0.998. The Labute approximate surface area is 114 Å². The van der Waals surface area contributed by atoms with Crippen LogP contribution in [-0.2, 0) is 13.5 Å². The Balaban J connectivity index is 2.15. The molecular weight excluding hydrogens is 244 g/mol. The van der Waals surface area contributed by atoms with Crippen LogP contribution in [0, 0.1) is 0 Å². The maximum absolute atomic E-state index is 6.17. The number of hydrogen-bond donors (Lipinski definition) is 2. The smallest absolute Gasteiger partial charge is 0.148 e. The summed E-state index contributed by atoms with van der Waals surface area (Å²) in [6, 6.07) is 0.524. The van der Waals surface area contributed by atoms with Crippen LogP contribution in [0.3, 0.4) is 0 Å². The van der Waals surface area contributed by atoms with Crippen molar-refractivity contribution in [3.63, 3.8) is 0 Å². The van der Waals surface area contributed by atoms with E-state index < -0.39 is 0 Å². The van der Waals surface area contributed by atoms with E-state index in [0.717, 1.165) is 23.6 Å². The van der Waals surface area contributed by atoms with Gasteiger partial charge in [-0.3, -0.25) is 4.68 Å². The number of nitrogens with one attached hydrogen (secondary N) is 1. The van der Waals surface area contributed by atoms with Gasteiger partial charge in [0, 0.05) is 18.3 Å². The lowest BCUT2D eigenvalue weighted by atomic mass is 9.95. The molecular formula is C13H24N4S. The van der Waals surface area contributed by atoms with Gasteiger partial charge in [0.1, 0.15) is 5.82 Å². The Morgan fingerprint density at radius 1 is 1.44 bits per heavy atom. The molecule has 1 aromatic rings. The molecule has 0 spiro atoms. The first kappa shape index (κ1) is 13.6. The molecule has 1 heterocycles. The van der Waals surface area contributed by atoms with Crippen LogP contribution in [0.15, 0.2) is 0 Å². The molecule has 0 bridgehead atoms. The van der Waals surface area contributed by atoms with E-state index in [-0.39, 0.29) is 0 Å². The SMILES string of the molecule is CCc1nn(C)c(NC2CCCCC2SC)c1N. The van der Waals surface area contributed by atoms with E-state index in [1.807, 2.05) is 23.5 Å². The largest absolute Gasteiger partial charge is 0.394 e. The highest BCUT2D eigenvalue weighted by molar-refractivity contribution is 7.99. The Kier molecular flexibility index (Phi) is 4.43. The molecule has 1 aliphatic carbocycles. The summed E-state index contributed by atoms with van der Waals surface area (Å²) >= 11 is 1.96. The van der Waals surface area contributed by atoms with Gasteiger partial charge < -0.3 is 11.1 Å². The van der Waals surface area contributed by atoms with E-state index >= 15 is 0 Å². The second kappa shape index (κ2) is 5.87. The summed E-state index contributed by atoms with van der Waals surface area (Å²) < 4.78 is 1.89. The van der Waals surface area contributed by atoms with E-state index in [4.69, 9.17) is 5.73 Å². The fourth-order valence-electron chi connectivity index (χ4n) is 2.75. The summed E-state index contributed by atoms with van der Waals surface area (Å²) in [6.45, 7) is 2.09. The van der Waals surface area contributed by atoms with Crippen LogP contribution in [0.4, 0.5) is 11.5 Å². The molecule has 2 atom stereocenters. The Morgan fingerprint density at radius 2 is 2.17 bits per heavy atom. The average molecular weight is 268 g/mol. The zero-order chi connectivity index (χ0) is 13.1. The lowest BCUT2D eigenvalue weighted by Gasteiger charge is -2.31. The minimum absolute atomic E-state index is 0.524. The molecule has 0 aliphatic heterocycles. The minimum Gasteiger partial charge on any atom is -0.394 e. The van der Waals surface area contributed by atoms with Crippen LogP contribution >= 0.6 is 11.8 Å². The maximum atomic E-state index is 6.17. The number of aromatic nitrogens is 2. The standard InChI is InChI=1S/C13H24N4S/c1-4-9-12(14)13(17(2)16-9)15-10-7-5-6-8-11(10)18-3/h10-11,15H,4-8,14H2,1-3H3. The summed E-state index contributed by atoms with van der Waals surface area (Å²) in [7, 11) is 1.97. The molecule has 18 heavy (non-hydrogen) atoms. The molecule has 2 unspecified atom stereocenters. The molecule has 0 radical (unpaired) electrons. The quantitative estimate of drug-likeness (QED) is 0.881. The molecule has 1 fully saturated rings. The van der Waals surface area contributed by atoms with Crippen molar-refractivity contribution in [2.45, 2.75) is 50.3 Å². The highest BCUT2D eigenvalue weighted by Crippen LogP contribution is 2.31. The number of nitrogens with zero attached hydrogens (tertiary/aromatic N) is 2. The second-order valence-electron chi connectivity index (χ2n) is 5.00. The lowest BCUT2D eigenvalue weighted by Crippen LogP contribution is -2.35. The van der Waals surface area contributed by atoms with E-state index in [2.05, 4.69) is 23.6 Å². The summed E-state index contributed by atoms with van der Waals surface area (Å²) in [6.07, 6.45) is 8.29. The van der Waals surface area contributed by atoms with Gasteiger partial charge in [-0.1, -0.05) is 19.8 Å². The van der Waals surface area contributed by atoms with E-state index in [0.29, 0.717) is 11.3 Å². The summed E-state index contributed by atoms with van der Waals surface area (Å²) in [5, 5.41) is 8.79. The van der Waals surface area contributed by atoms with Crippen molar-refractivity contribution in [2.24, 2.45) is 7.05 Å². The van der Waals surface area contributed by atoms with Gasteiger partial charge in [-0.2, -0.15) is 16.9 Å². The molecule has 0 amide bonds. The highest BCUT2D eigenvalue weighted by atomic mass is 32.2. The Hall–Kier alpha value is -0.840. The van der Waals surface area contributed by atoms with Crippen LogP contribution < -0.4 is 11.1 Å². The van der Waals surface area contributed by atoms with Crippen molar-refractivity contribution in [2.75, 3.05) is 17.3 Å². The third kappa shape index (κ3) is 2.60. The van der Waals surface area contributed by atoms with Gasteiger partial charge in [-0.05, 0) is 25.5 Å². The van der Waals surface area contributed by atoms with Crippen LogP contribution in [0.5, 0.6) is 0 Å². The Bertz CT molecular complexity index is 402. The van der Waals surface area contributed by atoms with Gasteiger partial charge in [0.25, 0.3) is 0 Å². The molecule has 2 rings (SSSR count). The number of hydrogen-bond acceptors (Lipinski definition) is 4. The first-order chi connectivity index (χ1) is 8.67. The topological polar surface area (TPSA) is 55.9 Å². The van der Waals surface area contributed by atoms with Gasteiger partial charge in [-0.15, -0.1) is 0 Å². The first-order valence-corrected chi connectivity index (χ1v) is 8.06. The molecule has 0 aromatic carbocycles. The van der Waals surface area contributed by atoms with Crippen molar-refractivity contribution >= 4 is 23.3 Å². The molecule has 5 heteroatoms. The number of nitrogens with two attached hydrogens (primary N) is 1. The zero-order valence-electron chi connectivity index (χ0n) is 11.6. The van der Waals surface area contributed by atoms with E-state index in [1.54, 1.807) is 0 Å². The van der Waals surface area contributed by atoms with E-state index in [1.165, 1.54) is 25.7 Å². The van der Waals surface area contributed by atoms with Crippen LogP contribution in [0.1, 0.15) is 38.3 Å². The zero-order valence-corrected chi connectivity index (χ0v) is 12.4. The molecule has 1 aromatic heterocycles. The molecule has 0 saturated heterocycles. The van der Waals surface area contributed by atoms with Gasteiger partial charge >= 0.3 is 0 Å². The Morgan fingerprint density at radius 3 is 2.78 bits per heavy atom. The van der Waals surface area contributed by atoms with Crippen molar-refractivity contribution in [1.82, 2.24) is 9.78 Å². The molecule has 1 saturated carbocycles. The average Bonchev–Trinajstić information content (AvgIpc) is 2.66. The third-order valence-corrected chi connectivity index (χ3v) is 4.99. The molecule has 102 valence electrons. The number of anilines is 2. The predicted molar refractivity (Wildman–Crippen MR) is 80.2 cm³/mol. The van der Waals surface area contributed by atoms with Crippen LogP contribution in [0.2, 0.25) is 0 Å². The normalized spacial score (nSPS) is 24.2. The van der Waals surface area contributed by atoms with Crippen LogP contribution in [0.25, 0.3) is 0 Å². The van der Waals surface area contributed by atoms with Crippen molar-refractivity contribution in [1.29, 1.82) is 0 Å². The van der Waals surface area contributed by atoms with Gasteiger partial charge in [0.05, 0.1) is 11.4 Å². The number of rotatable bonds is 4. The second-order valence-corrected chi connectivity index (χ2v) is 6.07. The predicted octanol–water partition coefficient (Wildman–Crippen LogP) is 2.65. The molecule has 4 nitrogen and oxygen atoms in total. The van der Waals surface area contributed by atoms with Crippen molar-refractivity contribution < 1.29 is 0 Å². The summed E-state index contributed by atoms with van der Waals surface area (Å²) in [5.41, 5.74) is 7.99. The number of thioether (sulfide) groups is 1. The molecule has 3 N–H and O–H groups in total. The van der Waals surface area contributed by atoms with Gasteiger partial charge in [0.15, 0.2) is 0 Å². The van der Waals surface area contributed by atoms with Crippen molar-refractivity contribution in [3.8, 4) is 0 Å².